The van der Waals surface area contributed by atoms with Gasteiger partial charge in [0.25, 0.3) is 0 Å². The zero-order valence-corrected chi connectivity index (χ0v) is 13.0. The van der Waals surface area contributed by atoms with Crippen LogP contribution in [0.1, 0.15) is 42.3 Å². The second-order valence-corrected chi connectivity index (χ2v) is 5.58. The van der Waals surface area contributed by atoms with Crippen LogP contribution in [0.4, 0.5) is 5.69 Å². The van der Waals surface area contributed by atoms with Crippen LogP contribution >= 0.6 is 0 Å². The van der Waals surface area contributed by atoms with Crippen molar-refractivity contribution >= 4 is 11.6 Å². The van der Waals surface area contributed by atoms with E-state index in [2.05, 4.69) is 35.4 Å². The summed E-state index contributed by atoms with van der Waals surface area (Å²) in [4.78, 5) is 4.27. The van der Waals surface area contributed by atoms with Crippen molar-refractivity contribution in [1.29, 1.82) is 0 Å². The summed E-state index contributed by atoms with van der Waals surface area (Å²) in [7, 11) is 0. The lowest BCUT2D eigenvalue weighted by atomic mass is 10.1. The molecule has 0 spiro atoms. The number of aryl methyl sites for hydroxylation is 2. The molecule has 1 aromatic heterocycles. The summed E-state index contributed by atoms with van der Waals surface area (Å²) >= 11 is 0. The van der Waals surface area contributed by atoms with Gasteiger partial charge in [-0.05, 0) is 43.0 Å². The van der Waals surface area contributed by atoms with E-state index >= 15 is 0 Å². The molecule has 0 fully saturated rings. The Kier molecular flexibility index (Phi) is 4.62. The van der Waals surface area contributed by atoms with Crippen LogP contribution in [0, 0.1) is 13.8 Å². The van der Waals surface area contributed by atoms with E-state index < -0.39 is 0 Å². The number of anilines is 1. The third kappa shape index (κ3) is 4.34. The Morgan fingerprint density at radius 1 is 1.24 bits per heavy atom. The average Bonchev–Trinajstić information content (AvgIpc) is 2.84. The van der Waals surface area contributed by atoms with Crippen molar-refractivity contribution < 1.29 is 4.52 Å². The van der Waals surface area contributed by atoms with Crippen LogP contribution in [0.15, 0.2) is 33.8 Å². The molecule has 3 N–H and O–H groups in total. The molecule has 112 valence electrons. The maximum Gasteiger partial charge on any atom is 0.193 e. The summed E-state index contributed by atoms with van der Waals surface area (Å²) < 4.78 is 5.22. The van der Waals surface area contributed by atoms with Crippen molar-refractivity contribution in [3.05, 3.63) is 46.8 Å². The van der Waals surface area contributed by atoms with Gasteiger partial charge in [-0.2, -0.15) is 0 Å². The first-order chi connectivity index (χ1) is 9.94. The molecule has 0 atom stereocenters. The van der Waals surface area contributed by atoms with Crippen LogP contribution in [0.5, 0.6) is 0 Å². The monoisotopic (exact) mass is 286 g/mol. The van der Waals surface area contributed by atoms with Crippen molar-refractivity contribution in [2.75, 3.05) is 5.32 Å². The topological polar surface area (TPSA) is 76.4 Å². The summed E-state index contributed by atoms with van der Waals surface area (Å²) in [5, 5.41) is 7.08. The quantitative estimate of drug-likeness (QED) is 0.667. The number of benzene rings is 1. The normalized spacial score (nSPS) is 12.0. The van der Waals surface area contributed by atoms with Gasteiger partial charge in [0, 0.05) is 11.8 Å². The third-order valence-corrected chi connectivity index (χ3v) is 3.07. The number of aliphatic imine (C=N–C) groups is 1. The molecule has 0 aliphatic rings. The summed E-state index contributed by atoms with van der Waals surface area (Å²) in [5.74, 6) is 1.42. The van der Waals surface area contributed by atoms with Crippen molar-refractivity contribution in [2.24, 2.45) is 10.7 Å². The molecular weight excluding hydrogens is 264 g/mol. The lowest BCUT2D eigenvalue weighted by Gasteiger charge is -2.07. The Labute approximate surface area is 125 Å². The number of nitrogens with zero attached hydrogens (tertiary/aromatic N) is 2. The molecule has 0 saturated heterocycles. The zero-order valence-electron chi connectivity index (χ0n) is 13.0. The van der Waals surface area contributed by atoms with Gasteiger partial charge < -0.3 is 15.6 Å². The van der Waals surface area contributed by atoms with Crippen molar-refractivity contribution in [1.82, 2.24) is 5.16 Å². The molecule has 0 bridgehead atoms. The van der Waals surface area contributed by atoms with Crippen LogP contribution in [-0.4, -0.2) is 11.1 Å². The third-order valence-electron chi connectivity index (χ3n) is 3.07. The van der Waals surface area contributed by atoms with Crippen LogP contribution in [0.2, 0.25) is 0 Å². The Morgan fingerprint density at radius 3 is 2.48 bits per heavy atom. The number of nitrogens with one attached hydrogen (secondary N) is 1. The van der Waals surface area contributed by atoms with Crippen molar-refractivity contribution in [3.8, 4) is 0 Å². The molecule has 5 heteroatoms. The van der Waals surface area contributed by atoms with E-state index in [-0.39, 0.29) is 0 Å². The second-order valence-electron chi connectivity index (χ2n) is 5.58. The fraction of sp³-hybridized carbons (Fsp3) is 0.375. The largest absolute Gasteiger partial charge is 0.370 e. The molecule has 2 rings (SSSR count). The maximum absolute atomic E-state index is 5.90. The van der Waals surface area contributed by atoms with E-state index in [4.69, 9.17) is 10.3 Å². The van der Waals surface area contributed by atoms with Gasteiger partial charge in [0.1, 0.15) is 6.54 Å². The molecule has 0 unspecified atom stereocenters. The van der Waals surface area contributed by atoms with Gasteiger partial charge in [-0.15, -0.1) is 0 Å². The number of hydrogen-bond acceptors (Lipinski definition) is 3. The van der Waals surface area contributed by atoms with E-state index in [1.165, 1.54) is 11.1 Å². The SMILES string of the molecule is Cc1cc(C)cc(NC(N)=NCc2cc(C(C)C)no2)c1. The molecule has 1 heterocycles. The van der Waals surface area contributed by atoms with Gasteiger partial charge in [0.05, 0.1) is 5.69 Å². The molecule has 0 aliphatic carbocycles. The standard InChI is InChI=1S/C16H22N4O/c1-10(2)15-8-14(21-20-15)9-18-16(17)19-13-6-11(3)5-12(4)7-13/h5-8,10H,9H2,1-4H3,(H3,17,18,19). The lowest BCUT2D eigenvalue weighted by Crippen LogP contribution is -2.22. The Hall–Kier alpha value is -2.30. The second kappa shape index (κ2) is 6.43. The predicted molar refractivity (Wildman–Crippen MR) is 85.5 cm³/mol. The Morgan fingerprint density at radius 2 is 1.90 bits per heavy atom. The van der Waals surface area contributed by atoms with Gasteiger partial charge in [0.15, 0.2) is 11.7 Å². The first kappa shape index (κ1) is 15.1. The maximum atomic E-state index is 5.90. The molecule has 1 aromatic carbocycles. The highest BCUT2D eigenvalue weighted by Gasteiger charge is 2.07. The Balaban J connectivity index is 2.00. The van der Waals surface area contributed by atoms with Gasteiger partial charge in [-0.1, -0.05) is 25.1 Å². The summed E-state index contributed by atoms with van der Waals surface area (Å²) in [6.45, 7) is 8.62. The smallest absolute Gasteiger partial charge is 0.193 e. The van der Waals surface area contributed by atoms with Crippen molar-refractivity contribution in [3.63, 3.8) is 0 Å². The summed E-state index contributed by atoms with van der Waals surface area (Å²) in [6.07, 6.45) is 0. The lowest BCUT2D eigenvalue weighted by molar-refractivity contribution is 0.376. The van der Waals surface area contributed by atoms with Crippen LogP contribution < -0.4 is 11.1 Å². The van der Waals surface area contributed by atoms with E-state index in [0.29, 0.717) is 24.2 Å². The molecule has 5 nitrogen and oxygen atoms in total. The minimum atomic E-state index is 0.345. The minimum Gasteiger partial charge on any atom is -0.370 e. The molecule has 0 saturated carbocycles. The Bertz CT molecular complexity index is 623. The minimum absolute atomic E-state index is 0.345. The molecule has 2 aromatic rings. The van der Waals surface area contributed by atoms with Crippen LogP contribution in [-0.2, 0) is 6.54 Å². The van der Waals surface area contributed by atoms with Gasteiger partial charge in [-0.25, -0.2) is 4.99 Å². The van der Waals surface area contributed by atoms with Gasteiger partial charge in [0.2, 0.25) is 0 Å². The molecular formula is C16H22N4O. The number of nitrogens with two attached hydrogens (primary N) is 1. The number of hydrogen-bond donors (Lipinski definition) is 2. The van der Waals surface area contributed by atoms with E-state index in [1.54, 1.807) is 0 Å². The van der Waals surface area contributed by atoms with Crippen LogP contribution in [0.25, 0.3) is 0 Å². The van der Waals surface area contributed by atoms with Crippen LogP contribution in [0.3, 0.4) is 0 Å². The van der Waals surface area contributed by atoms with E-state index in [9.17, 15) is 0 Å². The molecule has 0 radical (unpaired) electrons. The number of aromatic nitrogens is 1. The summed E-state index contributed by atoms with van der Waals surface area (Å²) in [6, 6.07) is 8.08. The van der Waals surface area contributed by atoms with E-state index in [1.807, 2.05) is 32.0 Å². The van der Waals surface area contributed by atoms with E-state index in [0.717, 1.165) is 11.4 Å². The zero-order chi connectivity index (χ0) is 15.4. The first-order valence-corrected chi connectivity index (χ1v) is 7.05. The highest BCUT2D eigenvalue weighted by Crippen LogP contribution is 2.15. The highest BCUT2D eigenvalue weighted by molar-refractivity contribution is 5.92. The fourth-order valence-corrected chi connectivity index (χ4v) is 2.07. The fourth-order valence-electron chi connectivity index (χ4n) is 2.07. The summed E-state index contributed by atoms with van der Waals surface area (Å²) in [5.41, 5.74) is 10.1. The average molecular weight is 286 g/mol. The van der Waals surface area contributed by atoms with Gasteiger partial charge >= 0.3 is 0 Å². The molecule has 0 aliphatic heterocycles. The van der Waals surface area contributed by atoms with Gasteiger partial charge in [-0.3, -0.25) is 0 Å². The number of guanidine groups is 1. The first-order valence-electron chi connectivity index (χ1n) is 7.05. The highest BCUT2D eigenvalue weighted by atomic mass is 16.5. The van der Waals surface area contributed by atoms with Crippen molar-refractivity contribution in [2.45, 2.75) is 40.2 Å². The predicted octanol–water partition coefficient (Wildman–Crippen LogP) is 3.34. The molecule has 0 amide bonds. The molecule has 21 heavy (non-hydrogen) atoms. The number of rotatable bonds is 4.